The number of ketones is 1. The molecule has 0 amide bonds. The van der Waals surface area contributed by atoms with Gasteiger partial charge in [-0.15, -0.1) is 0 Å². The van der Waals surface area contributed by atoms with E-state index in [1.165, 1.54) is 12.8 Å². The van der Waals surface area contributed by atoms with Gasteiger partial charge in [0.05, 0.1) is 8.07 Å². The monoisotopic (exact) mass is 322 g/mol. The van der Waals surface area contributed by atoms with Gasteiger partial charge in [0.1, 0.15) is 5.78 Å². The van der Waals surface area contributed by atoms with Crippen molar-refractivity contribution in [3.05, 3.63) is 0 Å². The van der Waals surface area contributed by atoms with E-state index in [0.29, 0.717) is 5.78 Å². The van der Waals surface area contributed by atoms with Gasteiger partial charge in [0, 0.05) is 11.8 Å². The number of hydrogen-bond donors (Lipinski definition) is 0. The average molecular weight is 323 g/mol. The van der Waals surface area contributed by atoms with E-state index in [1.807, 2.05) is 0 Å². The molecular weight excluding hydrogens is 284 g/mol. The number of Topliss-reactive ketones (excluding diaryl/α,β-unsaturated/α-hetero) is 1. The van der Waals surface area contributed by atoms with Crippen molar-refractivity contribution in [1.29, 1.82) is 0 Å². The third kappa shape index (κ3) is 2.27. The molecular formula is C20H38OSi. The van der Waals surface area contributed by atoms with Crippen LogP contribution in [0, 0.1) is 10.8 Å². The third-order valence-corrected chi connectivity index (χ3v) is 15.7. The van der Waals surface area contributed by atoms with E-state index >= 15 is 0 Å². The van der Waals surface area contributed by atoms with Crippen LogP contribution in [0.3, 0.4) is 0 Å². The molecule has 0 aromatic heterocycles. The summed E-state index contributed by atoms with van der Waals surface area (Å²) in [6, 6.07) is 0. The van der Waals surface area contributed by atoms with Crippen molar-refractivity contribution in [2.75, 3.05) is 0 Å². The number of hydrogen-bond acceptors (Lipinski definition) is 1. The molecule has 0 bridgehead atoms. The summed E-state index contributed by atoms with van der Waals surface area (Å²) in [4.78, 5) is 12.8. The van der Waals surface area contributed by atoms with Gasteiger partial charge in [0.15, 0.2) is 0 Å². The second-order valence-corrected chi connectivity index (χ2v) is 16.1. The molecule has 2 heteroatoms. The van der Waals surface area contributed by atoms with E-state index in [0.717, 1.165) is 41.4 Å². The quantitative estimate of drug-likeness (QED) is 0.533. The van der Waals surface area contributed by atoms with Gasteiger partial charge in [-0.3, -0.25) is 4.79 Å². The van der Waals surface area contributed by atoms with E-state index in [9.17, 15) is 4.79 Å². The minimum Gasteiger partial charge on any atom is -0.299 e. The topological polar surface area (TPSA) is 17.1 Å². The first kappa shape index (κ1) is 18.2. The molecule has 2 aliphatic carbocycles. The van der Waals surface area contributed by atoms with Crippen LogP contribution in [0.4, 0.5) is 0 Å². The molecule has 2 fully saturated rings. The first-order valence-electron chi connectivity index (χ1n) is 9.55. The van der Waals surface area contributed by atoms with Gasteiger partial charge < -0.3 is 0 Å². The van der Waals surface area contributed by atoms with Crippen LogP contribution in [-0.4, -0.2) is 13.9 Å². The Kier molecular flexibility index (Phi) is 4.77. The van der Waals surface area contributed by atoms with E-state index < -0.39 is 8.07 Å². The summed E-state index contributed by atoms with van der Waals surface area (Å²) < 4.78 is 0. The van der Waals surface area contributed by atoms with E-state index in [1.54, 1.807) is 0 Å². The molecule has 0 saturated heterocycles. The van der Waals surface area contributed by atoms with Gasteiger partial charge in [-0.25, -0.2) is 0 Å². The predicted molar refractivity (Wildman–Crippen MR) is 99.1 cm³/mol. The summed E-state index contributed by atoms with van der Waals surface area (Å²) >= 11 is 0. The first-order valence-corrected chi connectivity index (χ1v) is 11.9. The molecule has 0 aromatic carbocycles. The SMILES string of the molecule is CC(C)[Si](C(C)C)(C(C)C)[C@@H]1CC(C)(C)[C@]2(CCCC2=O)C1. The average Bonchev–Trinajstić information content (AvgIpc) is 2.82. The fourth-order valence-electron chi connectivity index (χ4n) is 7.21. The zero-order valence-electron chi connectivity index (χ0n) is 16.3. The van der Waals surface area contributed by atoms with Crippen LogP contribution in [0.2, 0.25) is 22.2 Å². The van der Waals surface area contributed by atoms with E-state index in [2.05, 4.69) is 55.4 Å². The predicted octanol–water partition coefficient (Wildman–Crippen LogP) is 6.59. The van der Waals surface area contributed by atoms with Gasteiger partial charge in [0.25, 0.3) is 0 Å². The lowest BCUT2D eigenvalue weighted by atomic mass is 9.66. The molecule has 1 nitrogen and oxygen atoms in total. The maximum atomic E-state index is 12.8. The molecule has 0 unspecified atom stereocenters. The largest absolute Gasteiger partial charge is 0.299 e. The molecule has 2 rings (SSSR count). The van der Waals surface area contributed by atoms with Gasteiger partial charge in [-0.1, -0.05) is 72.0 Å². The maximum Gasteiger partial charge on any atom is 0.139 e. The van der Waals surface area contributed by atoms with Crippen molar-refractivity contribution in [2.45, 2.75) is 110 Å². The number of carbonyl (C=O) groups is 1. The fourth-order valence-corrected chi connectivity index (χ4v) is 15.6. The lowest BCUT2D eigenvalue weighted by Crippen LogP contribution is -2.48. The molecule has 0 aromatic rings. The summed E-state index contributed by atoms with van der Waals surface area (Å²) in [6.07, 6.45) is 5.64. The molecule has 2 atom stereocenters. The van der Waals surface area contributed by atoms with Crippen LogP contribution >= 0.6 is 0 Å². The molecule has 0 heterocycles. The molecule has 0 aliphatic heterocycles. The Hall–Kier alpha value is -0.113. The standard InChI is InChI=1S/C20H38OSi/c1-14(2)22(15(3)4,16(5)6)17-12-19(7,8)20(13-17)11-9-10-18(20)21/h14-17H,9-13H2,1-8H3/t17-,20-/m1/s1. The van der Waals surface area contributed by atoms with Crippen molar-refractivity contribution >= 4 is 13.9 Å². The van der Waals surface area contributed by atoms with Crippen LogP contribution < -0.4 is 0 Å². The van der Waals surface area contributed by atoms with Gasteiger partial charge >= 0.3 is 0 Å². The lowest BCUT2D eigenvalue weighted by molar-refractivity contribution is -0.130. The molecule has 2 aliphatic rings. The van der Waals surface area contributed by atoms with E-state index in [4.69, 9.17) is 0 Å². The third-order valence-electron chi connectivity index (χ3n) is 7.90. The zero-order chi connectivity index (χ0) is 16.9. The summed E-state index contributed by atoms with van der Waals surface area (Å²) in [7, 11) is -1.46. The summed E-state index contributed by atoms with van der Waals surface area (Å²) in [5.74, 6) is 0.596. The molecule has 0 radical (unpaired) electrons. The van der Waals surface area contributed by atoms with Crippen molar-refractivity contribution in [2.24, 2.45) is 10.8 Å². The Bertz CT molecular complexity index is 413. The molecule has 1 spiro atoms. The van der Waals surface area contributed by atoms with Crippen molar-refractivity contribution in [1.82, 2.24) is 0 Å². The highest BCUT2D eigenvalue weighted by atomic mass is 28.3. The second kappa shape index (κ2) is 5.75. The molecule has 128 valence electrons. The van der Waals surface area contributed by atoms with Gasteiger partial charge in [-0.05, 0) is 36.6 Å². The minimum atomic E-state index is -1.46. The summed E-state index contributed by atoms with van der Waals surface area (Å²) in [6.45, 7) is 19.6. The molecule has 2 saturated carbocycles. The van der Waals surface area contributed by atoms with Crippen molar-refractivity contribution in [3.63, 3.8) is 0 Å². The van der Waals surface area contributed by atoms with Gasteiger partial charge in [-0.2, -0.15) is 0 Å². The zero-order valence-corrected chi connectivity index (χ0v) is 17.3. The van der Waals surface area contributed by atoms with Crippen molar-refractivity contribution < 1.29 is 4.79 Å². The summed E-state index contributed by atoms with van der Waals surface area (Å²) in [5, 5.41) is 0. The lowest BCUT2D eigenvalue weighted by Gasteiger charge is -2.48. The smallest absolute Gasteiger partial charge is 0.139 e. The number of carbonyl (C=O) groups excluding carboxylic acids is 1. The highest BCUT2D eigenvalue weighted by molar-refractivity contribution is 6.84. The summed E-state index contributed by atoms with van der Waals surface area (Å²) in [5.41, 5.74) is 3.47. The van der Waals surface area contributed by atoms with Crippen LogP contribution in [0.15, 0.2) is 0 Å². The van der Waals surface area contributed by atoms with Crippen LogP contribution in [0.5, 0.6) is 0 Å². The fraction of sp³-hybridized carbons (Fsp3) is 0.950. The first-order chi connectivity index (χ1) is 10.0. The highest BCUT2D eigenvalue weighted by Gasteiger charge is 2.63. The number of rotatable bonds is 4. The Balaban J connectivity index is 2.47. The van der Waals surface area contributed by atoms with E-state index in [-0.39, 0.29) is 10.8 Å². The normalized spacial score (nSPS) is 32.1. The van der Waals surface area contributed by atoms with Gasteiger partial charge in [0.2, 0.25) is 0 Å². The van der Waals surface area contributed by atoms with Crippen molar-refractivity contribution in [3.8, 4) is 0 Å². The minimum absolute atomic E-state index is 0.0224. The Morgan fingerprint density at radius 3 is 1.82 bits per heavy atom. The van der Waals surface area contributed by atoms with Crippen LogP contribution in [0.25, 0.3) is 0 Å². The second-order valence-electron chi connectivity index (χ2n) is 9.81. The van der Waals surface area contributed by atoms with Crippen LogP contribution in [0.1, 0.15) is 87.5 Å². The molecule has 0 N–H and O–H groups in total. The Morgan fingerprint density at radius 1 is 0.955 bits per heavy atom. The van der Waals surface area contributed by atoms with Crippen LogP contribution in [-0.2, 0) is 4.79 Å². The maximum absolute atomic E-state index is 12.8. The Morgan fingerprint density at radius 2 is 1.45 bits per heavy atom. The Labute approximate surface area is 139 Å². The highest BCUT2D eigenvalue weighted by Crippen LogP contribution is 2.68. The molecule has 22 heavy (non-hydrogen) atoms.